The molecule has 1 aromatic rings. The number of nitro groups is 1. The summed E-state index contributed by atoms with van der Waals surface area (Å²) in [6.45, 7) is 0. The van der Waals surface area contributed by atoms with Gasteiger partial charge in [-0.15, -0.1) is 0 Å². The van der Waals surface area contributed by atoms with Crippen LogP contribution in [-0.2, 0) is 4.79 Å². The molecule has 0 bridgehead atoms. The Morgan fingerprint density at radius 2 is 2.29 bits per heavy atom. The molecule has 0 atom stereocenters. The fraction of sp³-hybridized carbons (Fsp3) is 0. The summed E-state index contributed by atoms with van der Waals surface area (Å²) in [5.41, 5.74) is 1.83. The maximum Gasteiger partial charge on any atom is 0.275 e. The van der Waals surface area contributed by atoms with E-state index >= 15 is 0 Å². The molecule has 0 unspecified atom stereocenters. The van der Waals surface area contributed by atoms with Crippen molar-refractivity contribution in [1.82, 2.24) is 5.43 Å². The fourth-order valence-corrected chi connectivity index (χ4v) is 1.12. The maximum absolute atomic E-state index is 11.1. The average Bonchev–Trinajstić information content (AvgIpc) is 2.35. The first-order valence-corrected chi connectivity index (χ1v) is 4.45. The zero-order chi connectivity index (χ0) is 12.8. The van der Waals surface area contributed by atoms with E-state index in [0.717, 1.165) is 0 Å². The molecule has 0 fully saturated rings. The number of hydrogen-bond acceptors (Lipinski definition) is 5. The van der Waals surface area contributed by atoms with Gasteiger partial charge in [0.1, 0.15) is 11.6 Å². The number of nitrogens with two attached hydrogens (primary N) is 1. The number of carbonyl (C=O) groups excluding carboxylic acids is 1. The summed E-state index contributed by atoms with van der Waals surface area (Å²) >= 11 is 0. The lowest BCUT2D eigenvalue weighted by Gasteiger charge is -1.97. The molecular formula is C10H8N4O3. The summed E-state index contributed by atoms with van der Waals surface area (Å²) in [6, 6.07) is 7.21. The standard InChI is InChI=1S/C10H8N4O3/c11-6-8(10(15)13-12)4-7-2-1-3-9(5-7)14(16)17/h1-5H,12H2,(H,13,15). The summed E-state index contributed by atoms with van der Waals surface area (Å²) in [6.07, 6.45) is 1.22. The maximum atomic E-state index is 11.1. The molecule has 0 radical (unpaired) electrons. The second-order valence-electron chi connectivity index (χ2n) is 3.00. The van der Waals surface area contributed by atoms with Gasteiger partial charge in [0, 0.05) is 12.1 Å². The van der Waals surface area contributed by atoms with Crippen LogP contribution in [-0.4, -0.2) is 10.8 Å². The van der Waals surface area contributed by atoms with Crippen LogP contribution in [0.15, 0.2) is 29.8 Å². The molecule has 86 valence electrons. The van der Waals surface area contributed by atoms with Crippen molar-refractivity contribution in [3.05, 3.63) is 45.5 Å². The molecule has 0 heterocycles. The second-order valence-corrected chi connectivity index (χ2v) is 3.00. The van der Waals surface area contributed by atoms with Crippen molar-refractivity contribution in [2.75, 3.05) is 0 Å². The molecule has 1 aromatic carbocycles. The van der Waals surface area contributed by atoms with Crippen LogP contribution in [0.1, 0.15) is 5.56 Å². The Morgan fingerprint density at radius 1 is 1.59 bits per heavy atom. The summed E-state index contributed by atoms with van der Waals surface area (Å²) in [7, 11) is 0. The molecule has 1 rings (SSSR count). The number of nitrogens with zero attached hydrogens (tertiary/aromatic N) is 2. The molecular weight excluding hydrogens is 224 g/mol. The van der Waals surface area contributed by atoms with Crippen LogP contribution in [0.5, 0.6) is 0 Å². The molecule has 0 saturated heterocycles. The number of benzene rings is 1. The largest absolute Gasteiger partial charge is 0.290 e. The van der Waals surface area contributed by atoms with Crippen LogP contribution < -0.4 is 11.3 Å². The fourth-order valence-electron chi connectivity index (χ4n) is 1.12. The highest BCUT2D eigenvalue weighted by molar-refractivity contribution is 6.01. The van der Waals surface area contributed by atoms with E-state index in [2.05, 4.69) is 0 Å². The van der Waals surface area contributed by atoms with Crippen LogP contribution in [0.25, 0.3) is 6.08 Å². The minimum absolute atomic E-state index is 0.121. The van der Waals surface area contributed by atoms with E-state index in [4.69, 9.17) is 11.1 Å². The van der Waals surface area contributed by atoms with Gasteiger partial charge in [0.25, 0.3) is 11.6 Å². The van der Waals surface area contributed by atoms with Crippen molar-refractivity contribution in [1.29, 1.82) is 5.26 Å². The summed E-state index contributed by atoms with van der Waals surface area (Å²) in [5.74, 6) is 4.13. The van der Waals surface area contributed by atoms with Gasteiger partial charge in [-0.3, -0.25) is 20.3 Å². The van der Waals surface area contributed by atoms with E-state index in [1.807, 2.05) is 5.43 Å². The van der Waals surface area contributed by atoms with Crippen molar-refractivity contribution in [3.8, 4) is 6.07 Å². The normalized spacial score (nSPS) is 10.5. The highest BCUT2D eigenvalue weighted by atomic mass is 16.6. The van der Waals surface area contributed by atoms with Gasteiger partial charge in [-0.2, -0.15) is 5.26 Å². The number of carbonyl (C=O) groups is 1. The lowest BCUT2D eigenvalue weighted by Crippen LogP contribution is -2.30. The topological polar surface area (TPSA) is 122 Å². The van der Waals surface area contributed by atoms with E-state index < -0.39 is 10.8 Å². The SMILES string of the molecule is N#CC(=Cc1cccc([N+](=O)[O-])c1)C(=O)NN. The van der Waals surface area contributed by atoms with E-state index in [9.17, 15) is 14.9 Å². The lowest BCUT2D eigenvalue weighted by molar-refractivity contribution is -0.384. The molecule has 0 spiro atoms. The molecule has 0 aliphatic heterocycles. The minimum atomic E-state index is -0.751. The van der Waals surface area contributed by atoms with Gasteiger partial charge in [-0.25, -0.2) is 5.84 Å². The minimum Gasteiger partial charge on any atom is -0.290 e. The third kappa shape index (κ3) is 3.12. The summed E-state index contributed by atoms with van der Waals surface area (Å²) in [4.78, 5) is 21.1. The van der Waals surface area contributed by atoms with Gasteiger partial charge in [0.15, 0.2) is 0 Å². The van der Waals surface area contributed by atoms with Crippen molar-refractivity contribution in [2.24, 2.45) is 5.84 Å². The van der Waals surface area contributed by atoms with E-state index in [-0.39, 0.29) is 11.3 Å². The molecule has 0 aliphatic rings. The highest BCUT2D eigenvalue weighted by Gasteiger charge is 2.09. The Balaban J connectivity index is 3.13. The monoisotopic (exact) mass is 232 g/mol. The first-order valence-electron chi connectivity index (χ1n) is 4.45. The Labute approximate surface area is 96.3 Å². The number of amides is 1. The van der Waals surface area contributed by atoms with Crippen LogP contribution in [0.2, 0.25) is 0 Å². The predicted octanol–water partition coefficient (Wildman–Crippen LogP) is 0.492. The van der Waals surface area contributed by atoms with Gasteiger partial charge in [-0.1, -0.05) is 12.1 Å². The highest BCUT2D eigenvalue weighted by Crippen LogP contribution is 2.15. The smallest absolute Gasteiger partial charge is 0.275 e. The summed E-state index contributed by atoms with van der Waals surface area (Å²) in [5, 5.41) is 19.2. The predicted molar refractivity (Wildman–Crippen MR) is 59.0 cm³/mol. The average molecular weight is 232 g/mol. The molecule has 3 N–H and O–H groups in total. The van der Waals surface area contributed by atoms with Crippen molar-refractivity contribution >= 4 is 17.7 Å². The number of non-ortho nitro benzene ring substituents is 1. The van der Waals surface area contributed by atoms with Gasteiger partial charge in [0.05, 0.1) is 4.92 Å². The van der Waals surface area contributed by atoms with Gasteiger partial charge >= 0.3 is 0 Å². The quantitative estimate of drug-likeness (QED) is 0.196. The third-order valence-electron chi connectivity index (χ3n) is 1.89. The van der Waals surface area contributed by atoms with Crippen LogP contribution in [0.3, 0.4) is 0 Å². The number of rotatable bonds is 3. The number of hydrazine groups is 1. The lowest BCUT2D eigenvalue weighted by atomic mass is 10.1. The number of hydrogen-bond donors (Lipinski definition) is 2. The first kappa shape index (κ1) is 12.4. The molecule has 0 aliphatic carbocycles. The first-order chi connectivity index (χ1) is 8.08. The van der Waals surface area contributed by atoms with E-state index in [1.54, 1.807) is 6.07 Å². The Morgan fingerprint density at radius 3 is 2.82 bits per heavy atom. The number of nitro benzene ring substituents is 1. The van der Waals surface area contributed by atoms with Crippen molar-refractivity contribution < 1.29 is 9.72 Å². The molecule has 1 amide bonds. The zero-order valence-corrected chi connectivity index (χ0v) is 8.58. The third-order valence-corrected chi connectivity index (χ3v) is 1.89. The second kappa shape index (κ2) is 5.39. The molecule has 0 saturated carbocycles. The number of nitrogens with one attached hydrogen (secondary N) is 1. The Kier molecular flexibility index (Phi) is 3.91. The van der Waals surface area contributed by atoms with Gasteiger partial charge in [0.2, 0.25) is 0 Å². The van der Waals surface area contributed by atoms with Crippen LogP contribution in [0, 0.1) is 21.4 Å². The van der Waals surface area contributed by atoms with Gasteiger partial charge in [-0.05, 0) is 11.6 Å². The van der Waals surface area contributed by atoms with Crippen LogP contribution in [0.4, 0.5) is 5.69 Å². The molecule has 7 heteroatoms. The van der Waals surface area contributed by atoms with Crippen LogP contribution >= 0.6 is 0 Å². The van der Waals surface area contributed by atoms with Crippen molar-refractivity contribution in [2.45, 2.75) is 0 Å². The molecule has 0 aromatic heterocycles. The Bertz CT molecular complexity index is 531. The number of nitriles is 1. The van der Waals surface area contributed by atoms with Crippen molar-refractivity contribution in [3.63, 3.8) is 0 Å². The Hall–Kier alpha value is -2.72. The molecule has 7 nitrogen and oxygen atoms in total. The van der Waals surface area contributed by atoms with E-state index in [0.29, 0.717) is 5.56 Å². The van der Waals surface area contributed by atoms with Gasteiger partial charge < -0.3 is 0 Å². The zero-order valence-electron chi connectivity index (χ0n) is 8.58. The summed E-state index contributed by atoms with van der Waals surface area (Å²) < 4.78 is 0. The molecule has 17 heavy (non-hydrogen) atoms. The van der Waals surface area contributed by atoms with E-state index in [1.165, 1.54) is 30.3 Å².